The molecule has 4 aliphatic rings. The van der Waals surface area contributed by atoms with Crippen LogP contribution in [-0.4, -0.2) is 89.9 Å². The maximum Gasteiger partial charge on any atom is 0.236 e. The van der Waals surface area contributed by atoms with Crippen LogP contribution in [0.2, 0.25) is 0 Å². The van der Waals surface area contributed by atoms with Crippen molar-refractivity contribution in [2.24, 2.45) is 0 Å². The van der Waals surface area contributed by atoms with Gasteiger partial charge >= 0.3 is 0 Å². The number of hydrogen-bond acceptors (Lipinski definition) is 6. The fourth-order valence-corrected chi connectivity index (χ4v) is 9.77. The molecule has 2 N–H and O–H groups in total. The molecule has 1 saturated carbocycles. The predicted octanol–water partition coefficient (Wildman–Crippen LogP) is 4.40. The van der Waals surface area contributed by atoms with Gasteiger partial charge in [-0.1, -0.05) is 72.8 Å². The molecule has 3 aromatic rings. The van der Waals surface area contributed by atoms with E-state index in [1.165, 1.54) is 5.56 Å². The molecule has 8 nitrogen and oxygen atoms in total. The van der Waals surface area contributed by atoms with Crippen LogP contribution < -0.4 is 9.64 Å². The van der Waals surface area contributed by atoms with Gasteiger partial charge in [0.2, 0.25) is 11.8 Å². The van der Waals surface area contributed by atoms with E-state index in [1.54, 1.807) is 11.9 Å². The number of aliphatic hydroxyl groups excluding tert-OH is 2. The number of carbonyl (C=O) groups is 2. The van der Waals surface area contributed by atoms with Gasteiger partial charge in [0.1, 0.15) is 11.9 Å². The Kier molecular flexibility index (Phi) is 8.23. The van der Waals surface area contributed by atoms with Crippen molar-refractivity contribution < 1.29 is 24.5 Å². The minimum atomic E-state index is -0.700. The molecule has 7 rings (SSSR count). The van der Waals surface area contributed by atoms with E-state index in [-0.39, 0.29) is 37.2 Å². The van der Waals surface area contributed by atoms with Crippen LogP contribution in [0.3, 0.4) is 0 Å². The van der Waals surface area contributed by atoms with Gasteiger partial charge in [-0.05, 0) is 61.4 Å². The van der Waals surface area contributed by atoms with E-state index in [2.05, 4.69) is 17.5 Å². The summed E-state index contributed by atoms with van der Waals surface area (Å²) in [4.78, 5) is 34.8. The number of piperidine rings is 1. The predicted molar refractivity (Wildman–Crippen MR) is 182 cm³/mol. The molecule has 0 aromatic heterocycles. The number of nitrogens with zero attached hydrogens (tertiary/aromatic N) is 3. The maximum atomic E-state index is 14.7. The van der Waals surface area contributed by atoms with Gasteiger partial charge < -0.3 is 24.7 Å². The number of likely N-dealkylation sites (N-methyl/N-ethyl adjacent to an activating group) is 2. The number of rotatable bonds is 10. The molecule has 2 aliphatic heterocycles. The Morgan fingerprint density at radius 2 is 1.60 bits per heavy atom. The average Bonchev–Trinajstić information content (AvgIpc) is 3.44. The molecule has 0 radical (unpaired) electrons. The zero-order valence-corrected chi connectivity index (χ0v) is 27.3. The number of likely N-dealkylation sites (tertiary alicyclic amines) is 1. The lowest BCUT2D eigenvalue weighted by molar-refractivity contribution is -0.168. The van der Waals surface area contributed by atoms with Crippen molar-refractivity contribution in [2.75, 3.05) is 45.3 Å². The van der Waals surface area contributed by atoms with Crippen LogP contribution in [0, 0.1) is 0 Å². The quantitative estimate of drug-likeness (QED) is 0.321. The van der Waals surface area contributed by atoms with Crippen molar-refractivity contribution >= 4 is 17.5 Å². The number of benzene rings is 3. The van der Waals surface area contributed by atoms with Crippen LogP contribution in [-0.2, 0) is 21.4 Å². The van der Waals surface area contributed by atoms with Crippen LogP contribution in [0.1, 0.15) is 59.8 Å². The van der Waals surface area contributed by atoms with Gasteiger partial charge in [-0.15, -0.1) is 6.58 Å². The summed E-state index contributed by atoms with van der Waals surface area (Å²) in [5.74, 6) is -0.926. The van der Waals surface area contributed by atoms with Crippen molar-refractivity contribution in [3.8, 4) is 5.75 Å². The Bertz CT molecular complexity index is 1660. The summed E-state index contributed by atoms with van der Waals surface area (Å²) >= 11 is 0. The molecule has 2 aliphatic carbocycles. The summed E-state index contributed by atoms with van der Waals surface area (Å²) in [5.41, 5.74) is 3.53. The van der Waals surface area contributed by atoms with Crippen LogP contribution in [0.4, 0.5) is 5.69 Å². The smallest absolute Gasteiger partial charge is 0.236 e. The lowest BCUT2D eigenvalue weighted by Crippen LogP contribution is -2.80. The van der Waals surface area contributed by atoms with Crippen molar-refractivity contribution in [3.63, 3.8) is 0 Å². The fraction of sp³-hybridized carbons (Fsp3) is 0.436. The summed E-state index contributed by atoms with van der Waals surface area (Å²) in [6.07, 6.45) is 5.90. The molecule has 8 heteroatoms. The van der Waals surface area contributed by atoms with Gasteiger partial charge in [-0.3, -0.25) is 14.5 Å². The highest BCUT2D eigenvalue weighted by molar-refractivity contribution is 5.99. The largest absolute Gasteiger partial charge is 0.487 e. The summed E-state index contributed by atoms with van der Waals surface area (Å²) in [6, 6.07) is 23.1. The van der Waals surface area contributed by atoms with E-state index in [0.717, 1.165) is 67.6 Å². The second-order valence-electron chi connectivity index (χ2n) is 13.7. The Hall–Kier alpha value is -3.98. The summed E-state index contributed by atoms with van der Waals surface area (Å²) < 4.78 is 7.04. The Morgan fingerprint density at radius 1 is 0.957 bits per heavy atom. The van der Waals surface area contributed by atoms with Crippen LogP contribution in [0.25, 0.3) is 0 Å². The van der Waals surface area contributed by atoms with E-state index >= 15 is 0 Å². The van der Waals surface area contributed by atoms with Gasteiger partial charge in [-0.2, -0.15) is 0 Å². The highest BCUT2D eigenvalue weighted by Crippen LogP contribution is 2.67. The second kappa shape index (κ2) is 12.2. The third kappa shape index (κ3) is 4.52. The molecule has 1 unspecified atom stereocenters. The number of ether oxygens (including phenoxy) is 1. The summed E-state index contributed by atoms with van der Waals surface area (Å²) in [6.45, 7) is 5.07. The minimum absolute atomic E-state index is 0.0326. The summed E-state index contributed by atoms with van der Waals surface area (Å²) in [7, 11) is 3.71. The molecular formula is C39H45N3O5. The van der Waals surface area contributed by atoms with Crippen molar-refractivity contribution in [2.45, 2.75) is 67.0 Å². The number of aliphatic hydroxyl groups is 2. The molecular weight excluding hydrogens is 590 g/mol. The first kappa shape index (κ1) is 31.6. The highest BCUT2D eigenvalue weighted by Gasteiger charge is 2.73. The zero-order valence-electron chi connectivity index (χ0n) is 27.3. The van der Waals surface area contributed by atoms with E-state index in [1.807, 2.05) is 84.8 Å². The molecule has 3 aromatic carbocycles. The summed E-state index contributed by atoms with van der Waals surface area (Å²) in [5, 5.41) is 20.9. The molecule has 1 saturated heterocycles. The van der Waals surface area contributed by atoms with Gasteiger partial charge in [0.25, 0.3) is 0 Å². The molecule has 47 heavy (non-hydrogen) atoms. The third-order valence-corrected chi connectivity index (χ3v) is 11.8. The monoisotopic (exact) mass is 635 g/mol. The maximum absolute atomic E-state index is 14.7. The number of hydrogen-bond donors (Lipinski definition) is 2. The van der Waals surface area contributed by atoms with Gasteiger partial charge in [0.15, 0.2) is 0 Å². The highest BCUT2D eigenvalue weighted by atomic mass is 16.5. The molecule has 2 heterocycles. The van der Waals surface area contributed by atoms with Crippen molar-refractivity contribution in [1.29, 1.82) is 0 Å². The van der Waals surface area contributed by atoms with Crippen molar-refractivity contribution in [3.05, 3.63) is 108 Å². The lowest BCUT2D eigenvalue weighted by atomic mass is 9.46. The third-order valence-electron chi connectivity index (χ3n) is 11.8. The first-order valence-electron chi connectivity index (χ1n) is 16.9. The normalized spacial score (nSPS) is 26.8. The zero-order chi connectivity index (χ0) is 32.9. The number of amides is 2. The molecule has 2 amide bonds. The Balaban J connectivity index is 1.36. The molecule has 6 atom stereocenters. The Labute approximate surface area is 277 Å². The van der Waals surface area contributed by atoms with Crippen LogP contribution in [0.5, 0.6) is 5.75 Å². The van der Waals surface area contributed by atoms with E-state index in [9.17, 15) is 19.8 Å². The molecule has 246 valence electrons. The first-order valence-corrected chi connectivity index (χ1v) is 16.9. The topological polar surface area (TPSA) is 93.6 Å². The standard InChI is InChI=1S/C39H45N3O5/c1-4-21-42-22-20-38-33-16-11-19-39(38,41(3)37(46)30(25-44)27-14-9-6-10-15-27)32(42)23-28-17-18-31(35(47-33)34(28)38)40(2)36(45)29(24-43)26-12-7-5-8-13-26/h4-10,12-15,17-18,29-30,32-33,43-44H,1,11,16,19-25H2,2-3H3/t29-,30-,32+,33?,38+,39+/m0/s1. The van der Waals surface area contributed by atoms with Gasteiger partial charge in [0, 0.05) is 32.2 Å². The molecule has 2 bridgehead atoms. The first-order chi connectivity index (χ1) is 22.8. The van der Waals surface area contributed by atoms with E-state index < -0.39 is 22.8 Å². The number of anilines is 1. The van der Waals surface area contributed by atoms with Crippen molar-refractivity contribution in [1.82, 2.24) is 9.80 Å². The second-order valence-corrected chi connectivity index (χ2v) is 13.7. The van der Waals surface area contributed by atoms with Crippen LogP contribution >= 0.6 is 0 Å². The number of carbonyl (C=O) groups excluding carboxylic acids is 2. The molecule has 1 spiro atoms. The SMILES string of the molecule is C=CCN1CC[C@]23c4c5ccc(N(C)C(=O)[C@@H](CO)c6ccccc6)c4OC2CCC[C@@]3(N(C)C(=O)[C@@H](CO)c2ccccc2)[C@H]1C5. The lowest BCUT2D eigenvalue weighted by Gasteiger charge is -2.68. The van der Waals surface area contributed by atoms with E-state index in [4.69, 9.17) is 4.74 Å². The van der Waals surface area contributed by atoms with E-state index in [0.29, 0.717) is 5.69 Å². The van der Waals surface area contributed by atoms with Gasteiger partial charge in [-0.25, -0.2) is 0 Å². The fourth-order valence-electron chi connectivity index (χ4n) is 9.77. The molecule has 2 fully saturated rings. The minimum Gasteiger partial charge on any atom is -0.487 e. The van der Waals surface area contributed by atoms with Crippen LogP contribution in [0.15, 0.2) is 85.5 Å². The average molecular weight is 636 g/mol. The van der Waals surface area contributed by atoms with Gasteiger partial charge in [0.05, 0.1) is 41.7 Å². The Morgan fingerprint density at radius 3 is 2.21 bits per heavy atom.